The minimum absolute atomic E-state index is 0.0880. The predicted octanol–water partition coefficient (Wildman–Crippen LogP) is 3.43. The number of carbonyl (C=O) groups excluding carboxylic acids is 1. The van der Waals surface area contributed by atoms with Crippen LogP contribution in [0.25, 0.3) is 6.08 Å². The molecule has 1 N–H and O–H groups in total. The summed E-state index contributed by atoms with van der Waals surface area (Å²) in [5, 5.41) is 3.16. The number of para-hydroxylation sites is 1. The van der Waals surface area contributed by atoms with Crippen LogP contribution in [0.2, 0.25) is 0 Å². The Hall–Kier alpha value is -2.88. The zero-order chi connectivity index (χ0) is 16.1. The monoisotopic (exact) mass is 305 g/mol. The van der Waals surface area contributed by atoms with Gasteiger partial charge in [0.05, 0.1) is 5.69 Å². The van der Waals surface area contributed by atoms with Gasteiger partial charge in [-0.1, -0.05) is 55.5 Å². The molecule has 0 saturated carbocycles. The van der Waals surface area contributed by atoms with E-state index in [9.17, 15) is 4.79 Å². The van der Waals surface area contributed by atoms with Gasteiger partial charge in [0.2, 0.25) is 5.96 Å². The summed E-state index contributed by atoms with van der Waals surface area (Å²) in [4.78, 5) is 18.9. The molecule has 3 rings (SSSR count). The van der Waals surface area contributed by atoms with E-state index in [1.165, 1.54) is 0 Å². The lowest BCUT2D eigenvalue weighted by atomic mass is 10.2. The Kier molecular flexibility index (Phi) is 4.52. The second-order valence-corrected chi connectivity index (χ2v) is 5.28. The van der Waals surface area contributed by atoms with E-state index < -0.39 is 0 Å². The maximum absolute atomic E-state index is 12.8. The molecule has 0 aliphatic carbocycles. The van der Waals surface area contributed by atoms with Gasteiger partial charge in [0, 0.05) is 6.54 Å². The standard InChI is InChI=1S/C19H19N3O/c1-2-13-20-19-21-17(14-15-9-5-3-6-10-15)18(23)22(19)16-11-7-4-8-12-16/h3-12,14H,2,13H2,1H3,(H,20,21). The van der Waals surface area contributed by atoms with Gasteiger partial charge in [-0.25, -0.2) is 4.90 Å². The summed E-state index contributed by atoms with van der Waals surface area (Å²) in [6.45, 7) is 2.74. The summed E-state index contributed by atoms with van der Waals surface area (Å²) in [5.41, 5.74) is 2.33. The summed E-state index contributed by atoms with van der Waals surface area (Å²) >= 11 is 0. The Morgan fingerprint density at radius 1 is 1.04 bits per heavy atom. The molecule has 0 atom stereocenters. The maximum atomic E-state index is 12.8. The molecular weight excluding hydrogens is 286 g/mol. The van der Waals surface area contributed by atoms with Crippen LogP contribution in [0.4, 0.5) is 5.69 Å². The van der Waals surface area contributed by atoms with Crippen molar-refractivity contribution in [1.29, 1.82) is 0 Å². The summed E-state index contributed by atoms with van der Waals surface area (Å²) in [6, 6.07) is 19.4. The van der Waals surface area contributed by atoms with Crippen molar-refractivity contribution in [2.45, 2.75) is 13.3 Å². The summed E-state index contributed by atoms with van der Waals surface area (Å²) in [7, 11) is 0. The number of hydrogen-bond acceptors (Lipinski definition) is 2. The van der Waals surface area contributed by atoms with Crippen LogP contribution in [0.5, 0.6) is 0 Å². The normalized spacial score (nSPS) is 17.8. The Balaban J connectivity index is 1.97. The fraction of sp³-hybridized carbons (Fsp3) is 0.158. The lowest BCUT2D eigenvalue weighted by Crippen LogP contribution is -2.32. The number of benzene rings is 2. The highest BCUT2D eigenvalue weighted by Crippen LogP contribution is 2.22. The first kappa shape index (κ1) is 15.0. The van der Waals surface area contributed by atoms with Crippen LogP contribution < -0.4 is 10.2 Å². The van der Waals surface area contributed by atoms with Crippen molar-refractivity contribution in [3.8, 4) is 0 Å². The van der Waals surface area contributed by atoms with E-state index in [4.69, 9.17) is 0 Å². The first-order valence-corrected chi connectivity index (χ1v) is 7.77. The topological polar surface area (TPSA) is 44.7 Å². The lowest BCUT2D eigenvalue weighted by Gasteiger charge is -2.14. The molecule has 2 aromatic carbocycles. The van der Waals surface area contributed by atoms with Gasteiger partial charge in [0.25, 0.3) is 5.91 Å². The highest BCUT2D eigenvalue weighted by atomic mass is 16.2. The first-order chi connectivity index (χ1) is 11.3. The van der Waals surface area contributed by atoms with E-state index >= 15 is 0 Å². The lowest BCUT2D eigenvalue weighted by molar-refractivity contribution is -0.113. The molecule has 1 saturated heterocycles. The van der Waals surface area contributed by atoms with Crippen molar-refractivity contribution < 1.29 is 4.79 Å². The van der Waals surface area contributed by atoms with Gasteiger partial charge in [-0.2, -0.15) is 0 Å². The molecule has 0 aromatic heterocycles. The van der Waals surface area contributed by atoms with Crippen molar-refractivity contribution in [2.24, 2.45) is 4.99 Å². The van der Waals surface area contributed by atoms with Crippen molar-refractivity contribution in [3.63, 3.8) is 0 Å². The SMILES string of the molecule is CCCN=C1NC(=Cc2ccccc2)C(=O)N1c1ccccc1. The Labute approximate surface area is 136 Å². The second kappa shape index (κ2) is 6.92. The van der Waals surface area contributed by atoms with Gasteiger partial charge >= 0.3 is 0 Å². The molecule has 1 fully saturated rings. The van der Waals surface area contributed by atoms with Crippen LogP contribution in [-0.4, -0.2) is 18.4 Å². The van der Waals surface area contributed by atoms with E-state index in [0.717, 1.165) is 17.7 Å². The van der Waals surface area contributed by atoms with E-state index in [-0.39, 0.29) is 5.91 Å². The molecular formula is C19H19N3O. The van der Waals surface area contributed by atoms with E-state index in [1.54, 1.807) is 4.90 Å². The van der Waals surface area contributed by atoms with Gasteiger partial charge in [0.15, 0.2) is 0 Å². The molecule has 0 bridgehead atoms. The van der Waals surface area contributed by atoms with Crippen molar-refractivity contribution >= 4 is 23.6 Å². The average molecular weight is 305 g/mol. The number of nitrogens with zero attached hydrogens (tertiary/aromatic N) is 2. The number of rotatable bonds is 4. The second-order valence-electron chi connectivity index (χ2n) is 5.28. The highest BCUT2D eigenvalue weighted by Gasteiger charge is 2.32. The third kappa shape index (κ3) is 3.31. The van der Waals surface area contributed by atoms with Crippen molar-refractivity contribution in [2.75, 3.05) is 11.4 Å². The van der Waals surface area contributed by atoms with Gasteiger partial charge in [-0.05, 0) is 30.2 Å². The summed E-state index contributed by atoms with van der Waals surface area (Å²) in [5.74, 6) is 0.500. The summed E-state index contributed by atoms with van der Waals surface area (Å²) < 4.78 is 0. The zero-order valence-corrected chi connectivity index (χ0v) is 13.1. The van der Waals surface area contributed by atoms with E-state index in [0.29, 0.717) is 18.2 Å². The molecule has 4 heteroatoms. The Morgan fingerprint density at radius 2 is 1.70 bits per heavy atom. The number of guanidine groups is 1. The molecule has 0 spiro atoms. The van der Waals surface area contributed by atoms with Gasteiger partial charge in [-0.15, -0.1) is 0 Å². The summed E-state index contributed by atoms with van der Waals surface area (Å²) in [6.07, 6.45) is 2.78. The molecule has 1 aliphatic heterocycles. The zero-order valence-electron chi connectivity index (χ0n) is 13.1. The van der Waals surface area contributed by atoms with Crippen LogP contribution >= 0.6 is 0 Å². The minimum atomic E-state index is -0.0880. The fourth-order valence-corrected chi connectivity index (χ4v) is 2.40. The molecule has 0 radical (unpaired) electrons. The number of aliphatic imine (C=N–C) groups is 1. The average Bonchev–Trinajstić information content (AvgIpc) is 2.90. The van der Waals surface area contributed by atoms with E-state index in [2.05, 4.69) is 17.2 Å². The molecule has 4 nitrogen and oxygen atoms in total. The van der Waals surface area contributed by atoms with Gasteiger partial charge in [0.1, 0.15) is 5.70 Å². The molecule has 2 aromatic rings. The first-order valence-electron chi connectivity index (χ1n) is 7.77. The van der Waals surface area contributed by atoms with Crippen molar-refractivity contribution in [3.05, 3.63) is 71.9 Å². The van der Waals surface area contributed by atoms with Crippen LogP contribution in [0, 0.1) is 0 Å². The molecule has 1 aliphatic rings. The molecule has 1 amide bonds. The number of carbonyl (C=O) groups is 1. The van der Waals surface area contributed by atoms with Gasteiger partial charge in [-0.3, -0.25) is 9.79 Å². The van der Waals surface area contributed by atoms with Crippen molar-refractivity contribution in [1.82, 2.24) is 5.32 Å². The number of anilines is 1. The Morgan fingerprint density at radius 3 is 2.35 bits per heavy atom. The maximum Gasteiger partial charge on any atom is 0.281 e. The van der Waals surface area contributed by atoms with Crippen LogP contribution in [0.15, 0.2) is 71.4 Å². The molecule has 23 heavy (non-hydrogen) atoms. The van der Waals surface area contributed by atoms with E-state index in [1.807, 2.05) is 66.7 Å². The number of hydrogen-bond donors (Lipinski definition) is 1. The third-order valence-electron chi connectivity index (χ3n) is 3.50. The fourth-order valence-electron chi connectivity index (χ4n) is 2.40. The molecule has 1 heterocycles. The minimum Gasteiger partial charge on any atom is -0.321 e. The molecule has 0 unspecified atom stereocenters. The predicted molar refractivity (Wildman–Crippen MR) is 94.1 cm³/mol. The van der Waals surface area contributed by atoms with Crippen LogP contribution in [-0.2, 0) is 4.79 Å². The highest BCUT2D eigenvalue weighted by molar-refractivity contribution is 6.29. The quantitative estimate of drug-likeness (QED) is 0.880. The Bertz CT molecular complexity index is 736. The third-order valence-corrected chi connectivity index (χ3v) is 3.50. The molecule has 116 valence electrons. The smallest absolute Gasteiger partial charge is 0.281 e. The van der Waals surface area contributed by atoms with Crippen LogP contribution in [0.3, 0.4) is 0 Å². The van der Waals surface area contributed by atoms with Crippen LogP contribution in [0.1, 0.15) is 18.9 Å². The van der Waals surface area contributed by atoms with Gasteiger partial charge < -0.3 is 5.32 Å². The number of nitrogens with one attached hydrogen (secondary N) is 1. The largest absolute Gasteiger partial charge is 0.321 e. The number of amides is 1.